The first-order chi connectivity index (χ1) is 9.18. The molecule has 0 N–H and O–H groups in total. The summed E-state index contributed by atoms with van der Waals surface area (Å²) in [4.78, 5) is 25.4. The van der Waals surface area contributed by atoms with Gasteiger partial charge in [-0.2, -0.15) is 0 Å². The van der Waals surface area contributed by atoms with Gasteiger partial charge in [-0.15, -0.1) is 0 Å². The SMILES string of the molecule is Cc1ccccc1C(=O)CCCCN1CCCC1=O. The number of nitrogens with zero attached hydrogens (tertiary/aromatic N) is 1. The van der Waals surface area contributed by atoms with Gasteiger partial charge in [-0.25, -0.2) is 0 Å². The summed E-state index contributed by atoms with van der Waals surface area (Å²) in [7, 11) is 0. The maximum absolute atomic E-state index is 12.0. The van der Waals surface area contributed by atoms with Crippen molar-refractivity contribution in [1.29, 1.82) is 0 Å². The molecule has 1 heterocycles. The average molecular weight is 259 g/mol. The molecule has 0 aromatic heterocycles. The number of Topliss-reactive ketones (excluding diaryl/α,β-unsaturated/α-hetero) is 1. The fourth-order valence-corrected chi connectivity index (χ4v) is 2.55. The normalized spacial score (nSPS) is 15.0. The second-order valence-electron chi connectivity index (χ2n) is 5.18. The van der Waals surface area contributed by atoms with Crippen molar-refractivity contribution < 1.29 is 9.59 Å². The van der Waals surface area contributed by atoms with Crippen LogP contribution in [0.25, 0.3) is 0 Å². The van der Waals surface area contributed by atoms with Crippen LogP contribution >= 0.6 is 0 Å². The maximum Gasteiger partial charge on any atom is 0.222 e. The molecule has 3 heteroatoms. The van der Waals surface area contributed by atoms with Crippen LogP contribution < -0.4 is 0 Å². The molecular formula is C16H21NO2. The zero-order valence-corrected chi connectivity index (χ0v) is 11.5. The highest BCUT2D eigenvalue weighted by molar-refractivity contribution is 5.97. The van der Waals surface area contributed by atoms with E-state index in [0.29, 0.717) is 12.8 Å². The quantitative estimate of drug-likeness (QED) is 0.582. The molecule has 0 saturated carbocycles. The van der Waals surface area contributed by atoms with E-state index < -0.39 is 0 Å². The number of aryl methyl sites for hydroxylation is 1. The monoisotopic (exact) mass is 259 g/mol. The summed E-state index contributed by atoms with van der Waals surface area (Å²) in [5.74, 6) is 0.482. The van der Waals surface area contributed by atoms with Gasteiger partial charge in [0.05, 0.1) is 0 Å². The summed E-state index contributed by atoms with van der Waals surface area (Å²) in [5.41, 5.74) is 1.88. The number of rotatable bonds is 6. The number of carbonyl (C=O) groups is 2. The molecule has 0 unspecified atom stereocenters. The Hall–Kier alpha value is -1.64. The van der Waals surface area contributed by atoms with Crippen LogP contribution in [-0.2, 0) is 4.79 Å². The van der Waals surface area contributed by atoms with Crippen LogP contribution in [0.1, 0.15) is 48.0 Å². The van der Waals surface area contributed by atoms with Gasteiger partial charge in [0.15, 0.2) is 5.78 Å². The molecular weight excluding hydrogens is 238 g/mol. The van der Waals surface area contributed by atoms with Crippen molar-refractivity contribution in [2.45, 2.75) is 39.0 Å². The lowest BCUT2D eigenvalue weighted by molar-refractivity contribution is -0.127. The number of hydrogen-bond acceptors (Lipinski definition) is 2. The fourth-order valence-electron chi connectivity index (χ4n) is 2.55. The maximum atomic E-state index is 12.0. The van der Waals surface area contributed by atoms with Gasteiger partial charge in [0.25, 0.3) is 0 Å². The Morgan fingerprint density at radius 3 is 2.74 bits per heavy atom. The minimum Gasteiger partial charge on any atom is -0.343 e. The predicted octanol–water partition coefficient (Wildman–Crippen LogP) is 2.97. The molecule has 1 aromatic rings. The Morgan fingerprint density at radius 1 is 1.26 bits per heavy atom. The van der Waals surface area contributed by atoms with Gasteiger partial charge in [0.1, 0.15) is 0 Å². The van der Waals surface area contributed by atoms with Gasteiger partial charge in [-0.1, -0.05) is 24.3 Å². The van der Waals surface area contributed by atoms with Crippen LogP contribution in [0.15, 0.2) is 24.3 Å². The summed E-state index contributed by atoms with van der Waals surface area (Å²) >= 11 is 0. The topological polar surface area (TPSA) is 37.4 Å². The van der Waals surface area contributed by atoms with Crippen LogP contribution in [-0.4, -0.2) is 29.7 Å². The van der Waals surface area contributed by atoms with E-state index in [2.05, 4.69) is 0 Å². The number of carbonyl (C=O) groups excluding carboxylic acids is 2. The molecule has 0 atom stereocenters. The summed E-state index contributed by atoms with van der Waals surface area (Å²) in [6.45, 7) is 3.67. The lowest BCUT2D eigenvalue weighted by Gasteiger charge is -2.14. The minimum atomic E-state index is 0.214. The number of likely N-dealkylation sites (tertiary alicyclic amines) is 1. The zero-order valence-electron chi connectivity index (χ0n) is 11.5. The van der Waals surface area contributed by atoms with Gasteiger partial charge >= 0.3 is 0 Å². The van der Waals surface area contributed by atoms with E-state index in [-0.39, 0.29) is 11.7 Å². The second kappa shape index (κ2) is 6.50. The third-order valence-electron chi connectivity index (χ3n) is 3.70. The van der Waals surface area contributed by atoms with E-state index >= 15 is 0 Å². The smallest absolute Gasteiger partial charge is 0.222 e. The molecule has 1 aliphatic heterocycles. The first kappa shape index (κ1) is 13.8. The minimum absolute atomic E-state index is 0.214. The number of benzene rings is 1. The molecule has 1 aliphatic rings. The molecule has 0 radical (unpaired) electrons. The first-order valence-electron chi connectivity index (χ1n) is 7.05. The number of unbranched alkanes of at least 4 members (excludes halogenated alkanes) is 1. The molecule has 19 heavy (non-hydrogen) atoms. The Bertz CT molecular complexity index is 468. The zero-order chi connectivity index (χ0) is 13.7. The molecule has 0 spiro atoms. The molecule has 3 nitrogen and oxygen atoms in total. The molecule has 1 amide bonds. The molecule has 102 valence electrons. The second-order valence-corrected chi connectivity index (χ2v) is 5.18. The summed E-state index contributed by atoms with van der Waals surface area (Å²) < 4.78 is 0. The summed E-state index contributed by atoms with van der Waals surface area (Å²) in [6, 6.07) is 7.71. The highest BCUT2D eigenvalue weighted by atomic mass is 16.2. The van der Waals surface area contributed by atoms with Crippen molar-refractivity contribution in [2.24, 2.45) is 0 Å². The van der Waals surface area contributed by atoms with Gasteiger partial charge < -0.3 is 4.90 Å². The Kier molecular flexibility index (Phi) is 4.72. The van der Waals surface area contributed by atoms with Gasteiger partial charge in [-0.05, 0) is 31.7 Å². The van der Waals surface area contributed by atoms with Crippen molar-refractivity contribution in [1.82, 2.24) is 4.90 Å². The average Bonchev–Trinajstić information content (AvgIpc) is 2.80. The Morgan fingerprint density at radius 2 is 2.05 bits per heavy atom. The van der Waals surface area contributed by atoms with Crippen LogP contribution in [0.3, 0.4) is 0 Å². The third kappa shape index (κ3) is 3.66. The number of ketones is 1. The highest BCUT2D eigenvalue weighted by Gasteiger charge is 2.19. The van der Waals surface area contributed by atoms with Crippen molar-refractivity contribution in [3.05, 3.63) is 35.4 Å². The molecule has 0 bridgehead atoms. The van der Waals surface area contributed by atoms with Crippen molar-refractivity contribution in [3.8, 4) is 0 Å². The van der Waals surface area contributed by atoms with Crippen LogP contribution in [0.4, 0.5) is 0 Å². The van der Waals surface area contributed by atoms with Gasteiger partial charge in [-0.3, -0.25) is 9.59 Å². The Labute approximate surface area is 114 Å². The third-order valence-corrected chi connectivity index (χ3v) is 3.70. The highest BCUT2D eigenvalue weighted by Crippen LogP contribution is 2.14. The summed E-state index contributed by atoms with van der Waals surface area (Å²) in [6.07, 6.45) is 4.04. The van der Waals surface area contributed by atoms with E-state index in [1.165, 1.54) is 0 Å². The molecule has 0 aliphatic carbocycles. The lowest BCUT2D eigenvalue weighted by atomic mass is 10.0. The fraction of sp³-hybridized carbons (Fsp3) is 0.500. The van der Waals surface area contributed by atoms with Crippen molar-refractivity contribution >= 4 is 11.7 Å². The van der Waals surface area contributed by atoms with E-state index in [0.717, 1.165) is 43.5 Å². The first-order valence-corrected chi connectivity index (χ1v) is 7.05. The molecule has 1 saturated heterocycles. The van der Waals surface area contributed by atoms with Crippen molar-refractivity contribution in [2.75, 3.05) is 13.1 Å². The Balaban J connectivity index is 1.72. The largest absolute Gasteiger partial charge is 0.343 e. The summed E-state index contributed by atoms with van der Waals surface area (Å²) in [5, 5.41) is 0. The lowest BCUT2D eigenvalue weighted by Crippen LogP contribution is -2.25. The van der Waals surface area contributed by atoms with E-state index in [1.807, 2.05) is 36.1 Å². The van der Waals surface area contributed by atoms with E-state index in [4.69, 9.17) is 0 Å². The molecule has 1 fully saturated rings. The molecule has 2 rings (SSSR count). The van der Waals surface area contributed by atoms with E-state index in [9.17, 15) is 9.59 Å². The van der Waals surface area contributed by atoms with Gasteiger partial charge in [0, 0.05) is 31.5 Å². The standard InChI is InChI=1S/C16H21NO2/c1-13-7-2-3-8-14(13)15(18)9-4-5-11-17-12-6-10-16(17)19/h2-3,7-8H,4-6,9-12H2,1H3. The number of hydrogen-bond donors (Lipinski definition) is 0. The molecule has 1 aromatic carbocycles. The van der Waals surface area contributed by atoms with Crippen molar-refractivity contribution in [3.63, 3.8) is 0 Å². The van der Waals surface area contributed by atoms with Crippen LogP contribution in [0, 0.1) is 6.92 Å². The van der Waals surface area contributed by atoms with Gasteiger partial charge in [0.2, 0.25) is 5.91 Å². The van der Waals surface area contributed by atoms with Crippen LogP contribution in [0.2, 0.25) is 0 Å². The number of amides is 1. The van der Waals surface area contributed by atoms with E-state index in [1.54, 1.807) is 0 Å². The van der Waals surface area contributed by atoms with Crippen LogP contribution in [0.5, 0.6) is 0 Å². The predicted molar refractivity (Wildman–Crippen MR) is 75.2 cm³/mol.